The molecule has 0 saturated carbocycles. The van der Waals surface area contributed by atoms with Gasteiger partial charge in [-0.3, -0.25) is 5.10 Å². The van der Waals surface area contributed by atoms with E-state index in [1.807, 2.05) is 0 Å². The number of nitrogens with zero attached hydrogens (tertiary/aromatic N) is 1. The average molecular weight is 271 g/mol. The summed E-state index contributed by atoms with van der Waals surface area (Å²) in [4.78, 5) is 10.6. The van der Waals surface area contributed by atoms with Gasteiger partial charge < -0.3 is 9.52 Å². The fourth-order valence-electron chi connectivity index (χ4n) is 1.20. The number of hydrogen-bond donors (Lipinski definition) is 3. The molecule has 2 heterocycles. The summed E-state index contributed by atoms with van der Waals surface area (Å²) in [6.07, 6.45) is 3.00. The van der Waals surface area contributed by atoms with Crippen LogP contribution in [-0.2, 0) is 16.6 Å². The number of sulfonamides is 1. The average Bonchev–Trinajstić information content (AvgIpc) is 2.98. The van der Waals surface area contributed by atoms with Gasteiger partial charge in [0.25, 0.3) is 10.0 Å². The smallest absolute Gasteiger partial charge is 0.371 e. The van der Waals surface area contributed by atoms with E-state index in [0.29, 0.717) is 5.56 Å². The number of nitrogens with one attached hydrogen (secondary N) is 2. The van der Waals surface area contributed by atoms with Gasteiger partial charge in [-0.25, -0.2) is 17.9 Å². The van der Waals surface area contributed by atoms with Gasteiger partial charge in [-0.15, -0.1) is 0 Å². The van der Waals surface area contributed by atoms with E-state index in [1.165, 1.54) is 12.4 Å². The Labute approximate surface area is 102 Å². The van der Waals surface area contributed by atoms with Gasteiger partial charge in [0, 0.05) is 18.3 Å². The summed E-state index contributed by atoms with van der Waals surface area (Å²) < 4.78 is 30.4. The number of aromatic carboxylic acids is 1. The molecule has 0 aliphatic heterocycles. The van der Waals surface area contributed by atoms with Crippen LogP contribution in [0.1, 0.15) is 16.1 Å². The lowest BCUT2D eigenvalue weighted by Gasteiger charge is -2.01. The van der Waals surface area contributed by atoms with Gasteiger partial charge in [-0.05, 0) is 12.1 Å². The highest BCUT2D eigenvalue weighted by Gasteiger charge is 2.20. The Balaban J connectivity index is 2.12. The molecule has 0 atom stereocenters. The molecule has 3 N–H and O–H groups in total. The molecular weight excluding hydrogens is 262 g/mol. The van der Waals surface area contributed by atoms with Crippen molar-refractivity contribution in [1.29, 1.82) is 0 Å². The Kier molecular flexibility index (Phi) is 3.17. The lowest BCUT2D eigenvalue weighted by atomic mass is 10.4. The third kappa shape index (κ3) is 2.57. The van der Waals surface area contributed by atoms with Crippen LogP contribution in [-0.4, -0.2) is 29.7 Å². The van der Waals surface area contributed by atoms with Crippen LogP contribution in [0.25, 0.3) is 0 Å². The molecule has 0 radical (unpaired) electrons. The maximum atomic E-state index is 11.7. The van der Waals surface area contributed by atoms with Gasteiger partial charge in [0.1, 0.15) is 0 Å². The van der Waals surface area contributed by atoms with Gasteiger partial charge in [0.05, 0.1) is 6.20 Å². The van der Waals surface area contributed by atoms with Crippen LogP contribution in [0.2, 0.25) is 0 Å². The topological polar surface area (TPSA) is 125 Å². The highest BCUT2D eigenvalue weighted by atomic mass is 32.2. The Morgan fingerprint density at radius 2 is 2.28 bits per heavy atom. The standard InChI is InChI=1S/C9H9N3O5S/c13-9(14)7-1-2-8(17-7)18(15,16)12-5-6-3-10-11-4-6/h1-4,12H,5H2,(H,10,11)(H,13,14). The summed E-state index contributed by atoms with van der Waals surface area (Å²) in [5.74, 6) is -1.76. The van der Waals surface area contributed by atoms with Crippen LogP contribution < -0.4 is 4.72 Å². The minimum atomic E-state index is -3.87. The fourth-order valence-corrected chi connectivity index (χ4v) is 2.15. The highest BCUT2D eigenvalue weighted by molar-refractivity contribution is 7.89. The second-order valence-electron chi connectivity index (χ2n) is 3.35. The molecule has 96 valence electrons. The normalized spacial score (nSPS) is 11.6. The number of aromatic amines is 1. The highest BCUT2D eigenvalue weighted by Crippen LogP contribution is 2.14. The molecule has 9 heteroatoms. The molecular formula is C9H9N3O5S. The lowest BCUT2D eigenvalue weighted by molar-refractivity contribution is 0.0656. The minimum Gasteiger partial charge on any atom is -0.475 e. The molecule has 0 bridgehead atoms. The van der Waals surface area contributed by atoms with E-state index >= 15 is 0 Å². The van der Waals surface area contributed by atoms with E-state index in [-0.39, 0.29) is 6.54 Å². The largest absolute Gasteiger partial charge is 0.475 e. The van der Waals surface area contributed by atoms with E-state index in [9.17, 15) is 13.2 Å². The molecule has 0 unspecified atom stereocenters. The summed E-state index contributed by atoms with van der Waals surface area (Å²) in [5, 5.41) is 14.4. The van der Waals surface area contributed by atoms with Crippen LogP contribution in [0.15, 0.2) is 34.0 Å². The SMILES string of the molecule is O=C(O)c1ccc(S(=O)(=O)NCc2cn[nH]c2)o1. The molecule has 0 aliphatic carbocycles. The Hall–Kier alpha value is -2.13. The number of carbonyl (C=O) groups is 1. The third-order valence-electron chi connectivity index (χ3n) is 2.08. The van der Waals surface area contributed by atoms with Crippen molar-refractivity contribution < 1.29 is 22.7 Å². The molecule has 0 fully saturated rings. The zero-order valence-electron chi connectivity index (χ0n) is 8.95. The van der Waals surface area contributed by atoms with Crippen molar-refractivity contribution in [2.75, 3.05) is 0 Å². The number of carboxylic acids is 1. The van der Waals surface area contributed by atoms with Gasteiger partial charge in [-0.2, -0.15) is 5.10 Å². The predicted octanol–water partition coefficient (Wildman–Crippen LogP) is 0.179. The molecule has 0 aliphatic rings. The van der Waals surface area contributed by atoms with Crippen LogP contribution in [0, 0.1) is 0 Å². The summed E-state index contributed by atoms with van der Waals surface area (Å²) in [5.41, 5.74) is 0.642. The van der Waals surface area contributed by atoms with E-state index in [1.54, 1.807) is 0 Å². The second kappa shape index (κ2) is 4.63. The zero-order chi connectivity index (χ0) is 13.2. The molecule has 8 nitrogen and oxygen atoms in total. The van der Waals surface area contributed by atoms with Crippen LogP contribution in [0.3, 0.4) is 0 Å². The molecule has 0 saturated heterocycles. The quantitative estimate of drug-likeness (QED) is 0.712. The Bertz CT molecular complexity index is 644. The second-order valence-corrected chi connectivity index (χ2v) is 5.05. The maximum absolute atomic E-state index is 11.7. The lowest BCUT2D eigenvalue weighted by Crippen LogP contribution is -2.22. The Morgan fingerprint density at radius 1 is 1.50 bits per heavy atom. The van der Waals surface area contributed by atoms with Gasteiger partial charge in [-0.1, -0.05) is 0 Å². The maximum Gasteiger partial charge on any atom is 0.371 e. The van der Waals surface area contributed by atoms with Crippen molar-refractivity contribution in [1.82, 2.24) is 14.9 Å². The number of aromatic nitrogens is 2. The third-order valence-corrected chi connectivity index (χ3v) is 3.35. The van der Waals surface area contributed by atoms with Crippen molar-refractivity contribution >= 4 is 16.0 Å². The van der Waals surface area contributed by atoms with Crippen molar-refractivity contribution in [2.45, 2.75) is 11.6 Å². The van der Waals surface area contributed by atoms with Crippen LogP contribution in [0.5, 0.6) is 0 Å². The summed E-state index contributed by atoms with van der Waals surface area (Å²) >= 11 is 0. The van der Waals surface area contributed by atoms with Crippen molar-refractivity contribution in [3.05, 3.63) is 35.9 Å². The fraction of sp³-hybridized carbons (Fsp3) is 0.111. The van der Waals surface area contributed by atoms with Gasteiger partial charge >= 0.3 is 5.97 Å². The molecule has 0 spiro atoms. The van der Waals surface area contributed by atoms with Crippen LogP contribution in [0.4, 0.5) is 0 Å². The number of hydrogen-bond acceptors (Lipinski definition) is 5. The minimum absolute atomic E-state index is 0.0297. The van der Waals surface area contributed by atoms with E-state index in [0.717, 1.165) is 12.1 Å². The number of carboxylic acid groups (broad SMARTS) is 1. The molecule has 2 rings (SSSR count). The summed E-state index contributed by atoms with van der Waals surface area (Å²) in [6.45, 7) is 0.0297. The predicted molar refractivity (Wildman–Crippen MR) is 58.3 cm³/mol. The van der Waals surface area contributed by atoms with E-state index in [4.69, 9.17) is 9.52 Å². The first-order valence-electron chi connectivity index (χ1n) is 4.79. The molecule has 2 aromatic rings. The summed E-state index contributed by atoms with van der Waals surface area (Å²) in [6, 6.07) is 2.16. The first-order chi connectivity index (χ1) is 8.49. The first kappa shape index (κ1) is 12.3. The molecule has 0 aromatic carbocycles. The zero-order valence-corrected chi connectivity index (χ0v) is 9.77. The van der Waals surface area contributed by atoms with Gasteiger partial charge in [0.15, 0.2) is 0 Å². The molecule has 2 aromatic heterocycles. The Morgan fingerprint density at radius 3 is 2.83 bits per heavy atom. The molecule has 0 amide bonds. The first-order valence-corrected chi connectivity index (χ1v) is 6.28. The van der Waals surface area contributed by atoms with Crippen molar-refractivity contribution in [3.8, 4) is 0 Å². The molecule has 18 heavy (non-hydrogen) atoms. The number of H-pyrrole nitrogens is 1. The van der Waals surface area contributed by atoms with E-state index in [2.05, 4.69) is 14.9 Å². The van der Waals surface area contributed by atoms with Crippen molar-refractivity contribution in [3.63, 3.8) is 0 Å². The van der Waals surface area contributed by atoms with Gasteiger partial charge in [0.2, 0.25) is 10.9 Å². The monoisotopic (exact) mass is 271 g/mol. The number of furan rings is 1. The van der Waals surface area contributed by atoms with Crippen molar-refractivity contribution in [2.24, 2.45) is 0 Å². The van der Waals surface area contributed by atoms with E-state index < -0.39 is 26.8 Å². The number of rotatable bonds is 5. The summed E-state index contributed by atoms with van der Waals surface area (Å²) in [7, 11) is -3.87. The van der Waals surface area contributed by atoms with Crippen LogP contribution >= 0.6 is 0 Å².